The summed E-state index contributed by atoms with van der Waals surface area (Å²) in [4.78, 5) is 3.55. The Kier molecular flexibility index (Phi) is 7.42. The molecule has 0 aliphatic carbocycles. The first-order valence-corrected chi connectivity index (χ1v) is 3.26. The molecule has 0 aromatic heterocycles. The Bertz CT molecular complexity index is 243. The van der Waals surface area contributed by atoms with Crippen molar-refractivity contribution in [3.63, 3.8) is 0 Å². The summed E-state index contributed by atoms with van der Waals surface area (Å²) in [6, 6.07) is 0. The largest absolute Gasteiger partial charge is 0.383 e. The molecule has 0 aromatic carbocycles. The van der Waals surface area contributed by atoms with Crippen molar-refractivity contribution < 1.29 is 0 Å². The van der Waals surface area contributed by atoms with Gasteiger partial charge in [0, 0.05) is 37.9 Å². The van der Waals surface area contributed by atoms with Crippen molar-refractivity contribution in [2.45, 2.75) is 0 Å². The third-order valence-electron chi connectivity index (χ3n) is 0.765. The maximum Gasteiger partial charge on any atom is 0.0489 e. The van der Waals surface area contributed by atoms with Gasteiger partial charge in [0.1, 0.15) is 0 Å². The second-order valence-electron chi connectivity index (χ2n) is 1.62. The molecule has 0 saturated heterocycles. The molecular formula is C8H11N3. The minimum absolute atomic E-state index is 0.605. The lowest BCUT2D eigenvalue weighted by Gasteiger charge is -1.89. The molecule has 3 N–H and O–H groups in total. The predicted octanol–water partition coefficient (Wildman–Crippen LogP) is -0.187. The lowest BCUT2D eigenvalue weighted by Crippen LogP contribution is -2.16. The summed E-state index contributed by atoms with van der Waals surface area (Å²) in [7, 11) is 1.62. The smallest absolute Gasteiger partial charge is 0.0489 e. The second-order valence-corrected chi connectivity index (χ2v) is 1.62. The highest BCUT2D eigenvalue weighted by molar-refractivity contribution is 5.49. The van der Waals surface area contributed by atoms with E-state index in [2.05, 4.69) is 33.4 Å². The minimum Gasteiger partial charge on any atom is -0.383 e. The van der Waals surface area contributed by atoms with Crippen molar-refractivity contribution >= 4 is 5.87 Å². The summed E-state index contributed by atoms with van der Waals surface area (Å²) in [5.74, 6) is 2.47. The van der Waals surface area contributed by atoms with Gasteiger partial charge in [-0.25, -0.2) is 4.99 Å². The van der Waals surface area contributed by atoms with E-state index in [0.29, 0.717) is 6.54 Å². The van der Waals surface area contributed by atoms with Gasteiger partial charge >= 0.3 is 0 Å². The lowest BCUT2D eigenvalue weighted by molar-refractivity contribution is 0.843. The van der Waals surface area contributed by atoms with Gasteiger partial charge in [-0.2, -0.15) is 0 Å². The number of nitrogens with two attached hydrogens (primary N) is 1. The van der Waals surface area contributed by atoms with Crippen LogP contribution in [0.3, 0.4) is 0 Å². The van der Waals surface area contributed by atoms with Crippen LogP contribution in [-0.2, 0) is 0 Å². The van der Waals surface area contributed by atoms with Crippen molar-refractivity contribution in [1.29, 1.82) is 0 Å². The van der Waals surface area contributed by atoms with E-state index in [1.54, 1.807) is 13.2 Å². The van der Waals surface area contributed by atoms with Crippen LogP contribution in [0, 0.1) is 0 Å². The summed E-state index contributed by atoms with van der Waals surface area (Å²) < 4.78 is 0. The van der Waals surface area contributed by atoms with Crippen molar-refractivity contribution in [3.05, 3.63) is 23.4 Å². The Balaban J connectivity index is 3.91. The highest BCUT2D eigenvalue weighted by Crippen LogP contribution is 1.55. The Labute approximate surface area is 66.3 Å². The lowest BCUT2D eigenvalue weighted by atomic mass is 10.6. The van der Waals surface area contributed by atoms with Crippen LogP contribution in [0.25, 0.3) is 0 Å². The normalized spacial score (nSPS) is 6.36. The Hall–Kier alpha value is -1.45. The van der Waals surface area contributed by atoms with Crippen LogP contribution in [-0.4, -0.2) is 26.0 Å². The van der Waals surface area contributed by atoms with Crippen molar-refractivity contribution in [2.75, 3.05) is 20.1 Å². The zero-order valence-corrected chi connectivity index (χ0v) is 6.52. The predicted molar refractivity (Wildman–Crippen MR) is 45.5 cm³/mol. The highest BCUT2D eigenvalue weighted by Gasteiger charge is 1.68. The number of nitrogens with zero attached hydrogens (tertiary/aromatic N) is 1. The molecule has 3 nitrogen and oxygen atoms in total. The third kappa shape index (κ3) is 8.55. The van der Waals surface area contributed by atoms with Crippen molar-refractivity contribution in [1.82, 2.24) is 5.32 Å². The quantitative estimate of drug-likeness (QED) is 0.332. The number of hydrogen-bond acceptors (Lipinski definition) is 3. The van der Waals surface area contributed by atoms with Crippen molar-refractivity contribution in [2.24, 2.45) is 10.7 Å². The van der Waals surface area contributed by atoms with Gasteiger partial charge in [0.2, 0.25) is 0 Å². The highest BCUT2D eigenvalue weighted by atomic mass is 14.8. The van der Waals surface area contributed by atoms with E-state index in [-0.39, 0.29) is 0 Å². The second kappa shape index (κ2) is 8.55. The number of rotatable bonds is 3. The summed E-state index contributed by atoms with van der Waals surface area (Å²) in [5, 5.41) is 2.89. The molecule has 0 saturated carbocycles. The topological polar surface area (TPSA) is 50.4 Å². The van der Waals surface area contributed by atoms with Gasteiger partial charge in [0.05, 0.1) is 0 Å². The SMILES string of the molecule is CN=C=C=C=C=CNCCN. The summed E-state index contributed by atoms with van der Waals surface area (Å²) in [6.45, 7) is 1.34. The van der Waals surface area contributed by atoms with Gasteiger partial charge in [-0.15, -0.1) is 0 Å². The van der Waals surface area contributed by atoms with E-state index in [0.717, 1.165) is 6.54 Å². The van der Waals surface area contributed by atoms with E-state index >= 15 is 0 Å². The Morgan fingerprint density at radius 2 is 2.36 bits per heavy atom. The number of hydrogen-bond donors (Lipinski definition) is 2. The van der Waals surface area contributed by atoms with E-state index in [4.69, 9.17) is 5.73 Å². The summed E-state index contributed by atoms with van der Waals surface area (Å²) in [6.07, 6.45) is 1.62. The molecule has 0 atom stereocenters. The molecule has 0 fully saturated rings. The molecule has 0 aliphatic heterocycles. The molecular weight excluding hydrogens is 138 g/mol. The summed E-state index contributed by atoms with van der Waals surface area (Å²) in [5.41, 5.74) is 13.0. The Morgan fingerprint density at radius 3 is 3.00 bits per heavy atom. The molecule has 0 heterocycles. The van der Waals surface area contributed by atoms with E-state index in [1.165, 1.54) is 0 Å². The monoisotopic (exact) mass is 149 g/mol. The van der Waals surface area contributed by atoms with Crippen LogP contribution in [0.4, 0.5) is 0 Å². The number of nitrogens with one attached hydrogen (secondary N) is 1. The maximum atomic E-state index is 5.22. The minimum atomic E-state index is 0.605. The van der Waals surface area contributed by atoms with E-state index < -0.39 is 0 Å². The Morgan fingerprint density at radius 1 is 1.55 bits per heavy atom. The molecule has 0 rings (SSSR count). The molecule has 0 radical (unpaired) electrons. The molecule has 0 aromatic rings. The van der Waals surface area contributed by atoms with Gasteiger partial charge in [-0.05, 0) is 11.5 Å². The van der Waals surface area contributed by atoms with Gasteiger partial charge in [-0.1, -0.05) is 0 Å². The first-order chi connectivity index (χ1) is 5.41. The number of aliphatic imine (C=N–C) groups is 1. The van der Waals surface area contributed by atoms with Gasteiger partial charge in [0.25, 0.3) is 0 Å². The fourth-order valence-corrected chi connectivity index (χ4v) is 0.363. The molecule has 0 aliphatic rings. The van der Waals surface area contributed by atoms with Crippen molar-refractivity contribution in [3.8, 4) is 0 Å². The third-order valence-corrected chi connectivity index (χ3v) is 0.765. The van der Waals surface area contributed by atoms with Crippen LogP contribution in [0.5, 0.6) is 0 Å². The van der Waals surface area contributed by atoms with Crippen LogP contribution in [0.15, 0.2) is 28.4 Å². The fourth-order valence-electron chi connectivity index (χ4n) is 0.363. The first kappa shape index (κ1) is 9.55. The maximum absolute atomic E-state index is 5.22. The van der Waals surface area contributed by atoms with Crippen LogP contribution < -0.4 is 11.1 Å². The van der Waals surface area contributed by atoms with Crippen LogP contribution in [0.2, 0.25) is 0 Å². The van der Waals surface area contributed by atoms with Crippen LogP contribution in [0.1, 0.15) is 0 Å². The van der Waals surface area contributed by atoms with E-state index in [9.17, 15) is 0 Å². The average Bonchev–Trinajstić information content (AvgIpc) is 2.03. The molecule has 11 heavy (non-hydrogen) atoms. The van der Waals surface area contributed by atoms with E-state index in [1.807, 2.05) is 0 Å². The molecule has 0 amide bonds. The van der Waals surface area contributed by atoms with Gasteiger partial charge in [0.15, 0.2) is 0 Å². The zero-order valence-electron chi connectivity index (χ0n) is 6.52. The molecule has 3 heteroatoms. The van der Waals surface area contributed by atoms with Crippen LogP contribution >= 0.6 is 0 Å². The molecule has 0 spiro atoms. The molecule has 0 unspecified atom stereocenters. The first-order valence-electron chi connectivity index (χ1n) is 3.26. The summed E-state index contributed by atoms with van der Waals surface area (Å²) >= 11 is 0. The van der Waals surface area contributed by atoms with Gasteiger partial charge in [-0.3, -0.25) is 0 Å². The zero-order chi connectivity index (χ0) is 8.36. The molecule has 58 valence electrons. The standard InChI is InChI=1S/C8H11N3/c1-10-6-3-2-4-7-11-8-5-9/h7,11H,5,8-9H2,1H3. The molecule has 0 bridgehead atoms. The fraction of sp³-hybridized carbons (Fsp3) is 0.375. The van der Waals surface area contributed by atoms with Gasteiger partial charge < -0.3 is 11.1 Å². The average molecular weight is 149 g/mol.